The Kier molecular flexibility index (Phi) is 5.60. The summed E-state index contributed by atoms with van der Waals surface area (Å²) >= 11 is 6.62. The standard InChI is InChI=1S/C26H28ClN3O4/c1-3-17(19-9-26(10-22(19)28-2)12-31-14-32-13-26)18-8-16(27)6-15-7-23(33-24(15)18)25-20-11-29-5-4-21(20)30-34-25/h3,6,8,23,29H,2,4-5,7,9-14H2,1H3/b17-3-. The molecule has 1 spiro atoms. The molecule has 0 saturated carbocycles. The number of nitrogens with one attached hydrogen (secondary N) is 1. The lowest BCUT2D eigenvalue weighted by atomic mass is 9.83. The van der Waals surface area contributed by atoms with E-state index in [2.05, 4.69) is 28.3 Å². The molecule has 7 nitrogen and oxygen atoms in total. The molecule has 2 aromatic rings. The van der Waals surface area contributed by atoms with Crippen LogP contribution < -0.4 is 10.1 Å². The van der Waals surface area contributed by atoms with Crippen molar-refractivity contribution in [3.05, 3.63) is 62.6 Å². The van der Waals surface area contributed by atoms with Gasteiger partial charge in [-0.25, -0.2) is 0 Å². The minimum Gasteiger partial charge on any atom is -0.481 e. The van der Waals surface area contributed by atoms with Crippen molar-refractivity contribution >= 4 is 23.9 Å². The number of aliphatic imine (C=N–C) groups is 1. The molecule has 1 aromatic heterocycles. The summed E-state index contributed by atoms with van der Waals surface area (Å²) in [4.78, 5) is 4.41. The number of nitrogens with zero attached hydrogens (tertiary/aromatic N) is 2. The summed E-state index contributed by atoms with van der Waals surface area (Å²) in [6.45, 7) is 9.24. The van der Waals surface area contributed by atoms with Crippen LogP contribution in [0, 0.1) is 5.41 Å². The second-order valence-corrected chi connectivity index (χ2v) is 10.0. The minimum atomic E-state index is -0.220. The zero-order chi connectivity index (χ0) is 23.3. The van der Waals surface area contributed by atoms with Crippen molar-refractivity contribution in [2.45, 2.75) is 45.3 Å². The zero-order valence-corrected chi connectivity index (χ0v) is 20.0. The molecule has 1 unspecified atom stereocenters. The monoisotopic (exact) mass is 481 g/mol. The topological polar surface area (TPSA) is 78.1 Å². The molecule has 1 atom stereocenters. The van der Waals surface area contributed by atoms with E-state index in [1.807, 2.05) is 19.1 Å². The fourth-order valence-electron chi connectivity index (χ4n) is 5.80. The Morgan fingerprint density at radius 1 is 1.29 bits per heavy atom. The number of allylic oxidation sites excluding steroid dienone is 4. The molecule has 0 amide bonds. The van der Waals surface area contributed by atoms with Crippen molar-refractivity contribution in [2.75, 3.05) is 26.6 Å². The van der Waals surface area contributed by atoms with Gasteiger partial charge < -0.3 is 24.1 Å². The predicted octanol–water partition coefficient (Wildman–Crippen LogP) is 4.79. The molecule has 0 bridgehead atoms. The molecule has 3 aliphatic heterocycles. The first-order valence-corrected chi connectivity index (χ1v) is 12.2. The van der Waals surface area contributed by atoms with E-state index in [0.717, 1.165) is 83.1 Å². The summed E-state index contributed by atoms with van der Waals surface area (Å²) in [5.41, 5.74) is 7.32. The van der Waals surface area contributed by atoms with Gasteiger partial charge in [0.2, 0.25) is 0 Å². The molecule has 1 N–H and O–H groups in total. The molecule has 1 aliphatic carbocycles. The number of halogens is 1. The van der Waals surface area contributed by atoms with Crippen molar-refractivity contribution in [3.8, 4) is 5.75 Å². The number of hydrogen-bond acceptors (Lipinski definition) is 7. The van der Waals surface area contributed by atoms with E-state index in [0.29, 0.717) is 31.5 Å². The van der Waals surface area contributed by atoms with Crippen molar-refractivity contribution in [1.29, 1.82) is 0 Å². The van der Waals surface area contributed by atoms with E-state index in [1.54, 1.807) is 0 Å². The third-order valence-corrected chi connectivity index (χ3v) is 7.57. The van der Waals surface area contributed by atoms with Gasteiger partial charge in [-0.1, -0.05) is 22.8 Å². The maximum Gasteiger partial charge on any atom is 0.182 e. The van der Waals surface area contributed by atoms with Crippen LogP contribution in [0.15, 0.2) is 39.0 Å². The molecule has 178 valence electrons. The number of hydrogen-bond donors (Lipinski definition) is 1. The Labute approximate surface area is 203 Å². The van der Waals surface area contributed by atoms with Gasteiger partial charge in [0, 0.05) is 65.2 Å². The van der Waals surface area contributed by atoms with E-state index in [1.165, 1.54) is 0 Å². The Morgan fingerprint density at radius 2 is 2.15 bits per heavy atom. The van der Waals surface area contributed by atoms with E-state index in [-0.39, 0.29) is 11.5 Å². The van der Waals surface area contributed by atoms with Crippen LogP contribution in [0.5, 0.6) is 5.75 Å². The second-order valence-electron chi connectivity index (χ2n) is 9.61. The lowest BCUT2D eigenvalue weighted by molar-refractivity contribution is -0.161. The van der Waals surface area contributed by atoms with E-state index < -0.39 is 0 Å². The average molecular weight is 482 g/mol. The first-order chi connectivity index (χ1) is 16.6. The van der Waals surface area contributed by atoms with Crippen LogP contribution in [0.3, 0.4) is 0 Å². The van der Waals surface area contributed by atoms with E-state index >= 15 is 0 Å². The average Bonchev–Trinajstić information content (AvgIpc) is 3.55. The smallest absolute Gasteiger partial charge is 0.182 e. The summed E-state index contributed by atoms with van der Waals surface area (Å²) in [5.74, 6) is 1.66. The summed E-state index contributed by atoms with van der Waals surface area (Å²) < 4.78 is 23.7. The quantitative estimate of drug-likeness (QED) is 0.632. The molecule has 0 radical (unpaired) electrons. The van der Waals surface area contributed by atoms with E-state index in [4.69, 9.17) is 30.3 Å². The van der Waals surface area contributed by atoms with Crippen LogP contribution in [0.4, 0.5) is 0 Å². The van der Waals surface area contributed by atoms with Gasteiger partial charge in [0.15, 0.2) is 11.9 Å². The largest absolute Gasteiger partial charge is 0.481 e. The van der Waals surface area contributed by atoms with Gasteiger partial charge in [0.05, 0.1) is 18.9 Å². The molecule has 1 aromatic carbocycles. The highest BCUT2D eigenvalue weighted by Gasteiger charge is 2.43. The van der Waals surface area contributed by atoms with Crippen molar-refractivity contribution in [2.24, 2.45) is 10.4 Å². The summed E-state index contributed by atoms with van der Waals surface area (Å²) in [5, 5.41) is 8.40. The Morgan fingerprint density at radius 3 is 2.94 bits per heavy atom. The molecular formula is C26H28ClN3O4. The lowest BCUT2D eigenvalue weighted by Gasteiger charge is -2.33. The number of aromatic nitrogens is 1. The van der Waals surface area contributed by atoms with Gasteiger partial charge >= 0.3 is 0 Å². The Hall–Kier alpha value is -2.45. The third kappa shape index (κ3) is 3.62. The number of benzene rings is 1. The van der Waals surface area contributed by atoms with Crippen LogP contribution in [0.2, 0.25) is 5.02 Å². The molecule has 4 aliphatic rings. The Bertz CT molecular complexity index is 1210. The molecule has 1 fully saturated rings. The van der Waals surface area contributed by atoms with E-state index in [9.17, 15) is 0 Å². The fraction of sp³-hybridized carbons (Fsp3) is 0.462. The van der Waals surface area contributed by atoms with Gasteiger partial charge in [-0.2, -0.15) is 0 Å². The minimum absolute atomic E-state index is 0.102. The lowest BCUT2D eigenvalue weighted by Crippen LogP contribution is -2.35. The molecule has 4 heterocycles. The second kappa shape index (κ2) is 8.64. The summed E-state index contributed by atoms with van der Waals surface area (Å²) in [7, 11) is 0. The molecular weight excluding hydrogens is 454 g/mol. The SMILES string of the molecule is C=NC1=C(/C(=C\C)c2cc(Cl)cc3c2OC(c2onc4c2CNCC4)C3)CC2(COCOC2)C1. The molecule has 34 heavy (non-hydrogen) atoms. The molecule has 6 rings (SSSR count). The highest BCUT2D eigenvalue weighted by atomic mass is 35.5. The van der Waals surface area contributed by atoms with Crippen molar-refractivity contribution in [3.63, 3.8) is 0 Å². The number of ether oxygens (including phenoxy) is 3. The normalized spacial score (nSPS) is 23.7. The van der Waals surface area contributed by atoms with Crippen LogP contribution in [0.1, 0.15) is 54.0 Å². The van der Waals surface area contributed by atoms with Crippen LogP contribution in [0.25, 0.3) is 5.57 Å². The molecule has 8 heteroatoms. The number of fused-ring (bicyclic) bond motifs is 2. The highest BCUT2D eigenvalue weighted by molar-refractivity contribution is 6.31. The van der Waals surface area contributed by atoms with Gasteiger partial charge in [-0.05, 0) is 43.3 Å². The van der Waals surface area contributed by atoms with Gasteiger partial charge in [-0.3, -0.25) is 4.99 Å². The van der Waals surface area contributed by atoms with Crippen LogP contribution in [-0.2, 0) is 28.9 Å². The van der Waals surface area contributed by atoms with Crippen molar-refractivity contribution < 1.29 is 18.7 Å². The summed E-state index contributed by atoms with van der Waals surface area (Å²) in [6.07, 6.45) is 5.06. The number of rotatable bonds is 4. The summed E-state index contributed by atoms with van der Waals surface area (Å²) in [6, 6.07) is 3.98. The first kappa shape index (κ1) is 22.0. The predicted molar refractivity (Wildman–Crippen MR) is 129 cm³/mol. The van der Waals surface area contributed by atoms with Gasteiger partial charge in [0.1, 0.15) is 12.5 Å². The third-order valence-electron chi connectivity index (χ3n) is 7.35. The van der Waals surface area contributed by atoms with Gasteiger partial charge in [0.25, 0.3) is 0 Å². The molecule has 1 saturated heterocycles. The van der Waals surface area contributed by atoms with Crippen LogP contribution in [-0.4, -0.2) is 38.4 Å². The van der Waals surface area contributed by atoms with Crippen molar-refractivity contribution in [1.82, 2.24) is 10.5 Å². The Balaban J connectivity index is 1.36. The highest BCUT2D eigenvalue weighted by Crippen LogP contribution is 2.52. The first-order valence-electron chi connectivity index (χ1n) is 11.8. The maximum absolute atomic E-state index is 6.62. The van der Waals surface area contributed by atoms with Crippen LogP contribution >= 0.6 is 11.6 Å². The maximum atomic E-state index is 6.62. The fourth-order valence-corrected chi connectivity index (χ4v) is 6.04. The van der Waals surface area contributed by atoms with Gasteiger partial charge in [-0.15, -0.1) is 0 Å². The zero-order valence-electron chi connectivity index (χ0n) is 19.3.